The molecule has 1 aliphatic heterocycles. The highest BCUT2D eigenvalue weighted by atomic mass is 16.2. The molecule has 1 unspecified atom stereocenters. The van der Waals surface area contributed by atoms with Crippen LogP contribution in [0.5, 0.6) is 0 Å². The largest absolute Gasteiger partial charge is 0.397 e. The van der Waals surface area contributed by atoms with E-state index in [1.165, 1.54) is 12.8 Å². The second kappa shape index (κ2) is 5.44. The number of nitrogens with one attached hydrogen (secondary N) is 1. The number of hydrogen-bond donors (Lipinski definition) is 2. The SMILES string of the molecule is CC(CN1CCCC1)NC(=O)c1cc(N)cn1C. The summed E-state index contributed by atoms with van der Waals surface area (Å²) in [4.78, 5) is 14.5. The Morgan fingerprint density at radius 2 is 2.17 bits per heavy atom. The average molecular weight is 250 g/mol. The van der Waals surface area contributed by atoms with Crippen molar-refractivity contribution in [2.45, 2.75) is 25.8 Å². The van der Waals surface area contributed by atoms with Gasteiger partial charge in [-0.15, -0.1) is 0 Å². The Kier molecular flexibility index (Phi) is 3.91. The van der Waals surface area contributed by atoms with E-state index < -0.39 is 0 Å². The summed E-state index contributed by atoms with van der Waals surface area (Å²) in [5, 5.41) is 3.02. The zero-order chi connectivity index (χ0) is 13.1. The summed E-state index contributed by atoms with van der Waals surface area (Å²) in [6, 6.07) is 1.87. The van der Waals surface area contributed by atoms with E-state index in [2.05, 4.69) is 10.2 Å². The smallest absolute Gasteiger partial charge is 0.268 e. The topological polar surface area (TPSA) is 63.3 Å². The minimum atomic E-state index is -0.0547. The number of aromatic nitrogens is 1. The molecule has 18 heavy (non-hydrogen) atoms. The van der Waals surface area contributed by atoms with Gasteiger partial charge in [-0.25, -0.2) is 0 Å². The minimum Gasteiger partial charge on any atom is -0.397 e. The third-order valence-corrected chi connectivity index (χ3v) is 3.37. The van der Waals surface area contributed by atoms with Crippen LogP contribution in [0.4, 0.5) is 5.69 Å². The van der Waals surface area contributed by atoms with Gasteiger partial charge in [-0.05, 0) is 38.9 Å². The molecule has 2 heterocycles. The van der Waals surface area contributed by atoms with Crippen LogP contribution in [0.15, 0.2) is 12.3 Å². The molecule has 100 valence electrons. The van der Waals surface area contributed by atoms with Gasteiger partial charge in [0.2, 0.25) is 0 Å². The lowest BCUT2D eigenvalue weighted by Gasteiger charge is -2.21. The Morgan fingerprint density at radius 1 is 1.50 bits per heavy atom. The molecule has 0 radical (unpaired) electrons. The summed E-state index contributed by atoms with van der Waals surface area (Å²) in [6.45, 7) is 5.27. The minimum absolute atomic E-state index is 0.0547. The quantitative estimate of drug-likeness (QED) is 0.831. The van der Waals surface area contributed by atoms with Crippen molar-refractivity contribution in [2.75, 3.05) is 25.4 Å². The van der Waals surface area contributed by atoms with E-state index in [-0.39, 0.29) is 11.9 Å². The molecule has 0 spiro atoms. The summed E-state index contributed by atoms with van der Waals surface area (Å²) in [6.07, 6.45) is 4.30. The lowest BCUT2D eigenvalue weighted by molar-refractivity contribution is 0.0923. The van der Waals surface area contributed by atoms with Crippen LogP contribution in [0, 0.1) is 0 Å². The third kappa shape index (κ3) is 3.04. The number of rotatable bonds is 4. The lowest BCUT2D eigenvalue weighted by atomic mass is 10.3. The van der Waals surface area contributed by atoms with Crippen LogP contribution in [-0.4, -0.2) is 41.1 Å². The molecular formula is C13H22N4O. The fourth-order valence-corrected chi connectivity index (χ4v) is 2.51. The Balaban J connectivity index is 1.88. The monoisotopic (exact) mass is 250 g/mol. The standard InChI is InChI=1S/C13H22N4O/c1-10(8-17-5-3-4-6-17)15-13(18)12-7-11(14)9-16(12)2/h7,9-10H,3-6,8,14H2,1-2H3,(H,15,18). The van der Waals surface area contributed by atoms with Gasteiger partial charge >= 0.3 is 0 Å². The number of anilines is 1. The van der Waals surface area contributed by atoms with Gasteiger partial charge in [0, 0.05) is 25.8 Å². The fourth-order valence-electron chi connectivity index (χ4n) is 2.51. The predicted octanol–water partition coefficient (Wildman–Crippen LogP) is 0.821. The van der Waals surface area contributed by atoms with E-state index in [0.717, 1.165) is 19.6 Å². The molecule has 1 aromatic rings. The first-order chi connectivity index (χ1) is 8.56. The lowest BCUT2D eigenvalue weighted by Crippen LogP contribution is -2.41. The second-order valence-electron chi connectivity index (χ2n) is 5.15. The second-order valence-corrected chi connectivity index (χ2v) is 5.15. The van der Waals surface area contributed by atoms with E-state index in [0.29, 0.717) is 11.4 Å². The third-order valence-electron chi connectivity index (χ3n) is 3.37. The number of carbonyl (C=O) groups is 1. The van der Waals surface area contributed by atoms with Crippen LogP contribution in [0.2, 0.25) is 0 Å². The molecule has 1 aromatic heterocycles. The Hall–Kier alpha value is -1.49. The highest BCUT2D eigenvalue weighted by molar-refractivity contribution is 5.93. The van der Waals surface area contributed by atoms with Gasteiger partial charge < -0.3 is 20.5 Å². The van der Waals surface area contributed by atoms with E-state index >= 15 is 0 Å². The molecule has 3 N–H and O–H groups in total. The van der Waals surface area contributed by atoms with Crippen molar-refractivity contribution < 1.29 is 4.79 Å². The van der Waals surface area contributed by atoms with E-state index in [1.807, 2.05) is 14.0 Å². The van der Waals surface area contributed by atoms with E-state index in [9.17, 15) is 4.79 Å². The highest BCUT2D eigenvalue weighted by Crippen LogP contribution is 2.10. The first-order valence-corrected chi connectivity index (χ1v) is 6.51. The summed E-state index contributed by atoms with van der Waals surface area (Å²) in [5.74, 6) is -0.0547. The molecule has 5 heteroatoms. The fraction of sp³-hybridized carbons (Fsp3) is 0.615. The number of nitrogens with zero attached hydrogens (tertiary/aromatic N) is 2. The number of carbonyl (C=O) groups excluding carboxylic acids is 1. The number of nitrogens with two attached hydrogens (primary N) is 1. The van der Waals surface area contributed by atoms with Gasteiger partial charge in [0.25, 0.3) is 5.91 Å². The molecule has 0 saturated carbocycles. The number of hydrogen-bond acceptors (Lipinski definition) is 3. The molecule has 5 nitrogen and oxygen atoms in total. The molecule has 2 rings (SSSR count). The Morgan fingerprint density at radius 3 is 2.72 bits per heavy atom. The maximum atomic E-state index is 12.1. The van der Waals surface area contributed by atoms with Crippen LogP contribution in [-0.2, 0) is 7.05 Å². The van der Waals surface area contributed by atoms with Crippen molar-refractivity contribution in [3.8, 4) is 0 Å². The zero-order valence-electron chi connectivity index (χ0n) is 11.1. The van der Waals surface area contributed by atoms with Crippen molar-refractivity contribution in [3.05, 3.63) is 18.0 Å². The van der Waals surface area contributed by atoms with Gasteiger partial charge in [-0.1, -0.05) is 0 Å². The zero-order valence-corrected chi connectivity index (χ0v) is 11.1. The predicted molar refractivity (Wildman–Crippen MR) is 72.4 cm³/mol. The van der Waals surface area contributed by atoms with Crippen molar-refractivity contribution in [2.24, 2.45) is 7.05 Å². The van der Waals surface area contributed by atoms with Crippen molar-refractivity contribution >= 4 is 11.6 Å². The normalized spacial score (nSPS) is 17.9. The summed E-state index contributed by atoms with van der Waals surface area (Å²) < 4.78 is 1.76. The summed E-state index contributed by atoms with van der Waals surface area (Å²) >= 11 is 0. The molecule has 1 fully saturated rings. The van der Waals surface area contributed by atoms with Gasteiger partial charge in [-0.2, -0.15) is 0 Å². The Bertz CT molecular complexity index is 421. The molecule has 1 saturated heterocycles. The molecule has 0 aliphatic carbocycles. The summed E-state index contributed by atoms with van der Waals surface area (Å²) in [5.41, 5.74) is 6.90. The maximum absolute atomic E-state index is 12.1. The first kappa shape index (κ1) is 13.0. The van der Waals surface area contributed by atoms with Gasteiger partial charge in [0.15, 0.2) is 0 Å². The van der Waals surface area contributed by atoms with E-state index in [4.69, 9.17) is 5.73 Å². The maximum Gasteiger partial charge on any atom is 0.268 e. The van der Waals surface area contributed by atoms with Gasteiger partial charge in [0.1, 0.15) is 5.69 Å². The molecule has 1 amide bonds. The molecule has 1 aliphatic rings. The average Bonchev–Trinajstić information content (AvgIpc) is 2.88. The van der Waals surface area contributed by atoms with Crippen LogP contribution >= 0.6 is 0 Å². The molecular weight excluding hydrogens is 228 g/mol. The molecule has 0 aromatic carbocycles. The van der Waals surface area contributed by atoms with E-state index in [1.54, 1.807) is 16.8 Å². The number of aryl methyl sites for hydroxylation is 1. The van der Waals surface area contributed by atoms with Crippen molar-refractivity contribution in [1.29, 1.82) is 0 Å². The molecule has 1 atom stereocenters. The van der Waals surface area contributed by atoms with Crippen LogP contribution in [0.3, 0.4) is 0 Å². The highest BCUT2D eigenvalue weighted by Gasteiger charge is 2.17. The van der Waals surface area contributed by atoms with Crippen LogP contribution in [0.25, 0.3) is 0 Å². The van der Waals surface area contributed by atoms with Crippen LogP contribution in [0.1, 0.15) is 30.3 Å². The number of likely N-dealkylation sites (tertiary alicyclic amines) is 1. The first-order valence-electron chi connectivity index (χ1n) is 6.51. The van der Waals surface area contributed by atoms with Crippen molar-refractivity contribution in [1.82, 2.24) is 14.8 Å². The summed E-state index contributed by atoms with van der Waals surface area (Å²) in [7, 11) is 1.83. The number of amides is 1. The number of nitrogen functional groups attached to an aromatic ring is 1. The van der Waals surface area contributed by atoms with Gasteiger partial charge in [-0.3, -0.25) is 4.79 Å². The molecule has 0 bridgehead atoms. The van der Waals surface area contributed by atoms with Crippen molar-refractivity contribution in [3.63, 3.8) is 0 Å². The Labute approximate surface area is 108 Å². The van der Waals surface area contributed by atoms with Gasteiger partial charge in [0.05, 0.1) is 5.69 Å². The van der Waals surface area contributed by atoms with Crippen LogP contribution < -0.4 is 11.1 Å².